The largest absolute Gasteiger partial charge is 0.308 e. The summed E-state index contributed by atoms with van der Waals surface area (Å²) < 4.78 is 0. The average molecular weight is 378 g/mol. The molecule has 1 amide bonds. The molecule has 0 aromatic heterocycles. The maximum atomic E-state index is 13.2. The van der Waals surface area contributed by atoms with Crippen molar-refractivity contribution in [2.24, 2.45) is 11.8 Å². The number of piperidine rings is 1. The van der Waals surface area contributed by atoms with Crippen LogP contribution in [0.25, 0.3) is 0 Å². The molecule has 4 nitrogen and oxygen atoms in total. The van der Waals surface area contributed by atoms with E-state index in [0.29, 0.717) is 0 Å². The lowest BCUT2D eigenvalue weighted by Gasteiger charge is -2.50. The number of hydrogen-bond donors (Lipinski definition) is 0. The van der Waals surface area contributed by atoms with Crippen LogP contribution in [0.15, 0.2) is 24.3 Å². The summed E-state index contributed by atoms with van der Waals surface area (Å²) in [5.74, 6) is 1.71. The zero-order chi connectivity index (χ0) is 19.1. The van der Waals surface area contributed by atoms with Gasteiger partial charge in [-0.2, -0.15) is 5.26 Å². The smallest absolute Gasteiger partial charge is 0.235 e. The van der Waals surface area contributed by atoms with E-state index in [-0.39, 0.29) is 24.3 Å². The minimum absolute atomic E-state index is 0.149. The van der Waals surface area contributed by atoms with E-state index in [2.05, 4.69) is 21.9 Å². The van der Waals surface area contributed by atoms with E-state index in [1.165, 1.54) is 38.5 Å². The number of para-hydroxylation sites is 1. The van der Waals surface area contributed by atoms with Crippen LogP contribution in [-0.4, -0.2) is 36.0 Å². The van der Waals surface area contributed by atoms with E-state index in [4.69, 9.17) is 0 Å². The molecule has 2 bridgehead atoms. The molecule has 1 unspecified atom stereocenters. The average Bonchev–Trinajstić information content (AvgIpc) is 3.00. The first-order chi connectivity index (χ1) is 13.8. The number of likely N-dealkylation sites (tertiary alicyclic amines) is 1. The van der Waals surface area contributed by atoms with Crippen molar-refractivity contribution < 1.29 is 4.79 Å². The van der Waals surface area contributed by atoms with E-state index in [9.17, 15) is 10.1 Å². The summed E-state index contributed by atoms with van der Waals surface area (Å²) in [5.41, 5.74) is 2.11. The Morgan fingerprint density at radius 2 is 1.61 bits per heavy atom. The highest BCUT2D eigenvalue weighted by molar-refractivity contribution is 6.05. The third-order valence-corrected chi connectivity index (χ3v) is 7.95. The van der Waals surface area contributed by atoms with Crippen molar-refractivity contribution in [1.82, 2.24) is 4.90 Å². The Labute approximate surface area is 168 Å². The highest BCUT2D eigenvalue weighted by Gasteiger charge is 2.44. The van der Waals surface area contributed by atoms with Gasteiger partial charge in [0.1, 0.15) is 0 Å². The number of hydrogen-bond acceptors (Lipinski definition) is 3. The number of benzene rings is 1. The van der Waals surface area contributed by atoms with Gasteiger partial charge >= 0.3 is 0 Å². The molecule has 4 heteroatoms. The van der Waals surface area contributed by atoms with Crippen LogP contribution in [0.2, 0.25) is 0 Å². The summed E-state index contributed by atoms with van der Waals surface area (Å²) in [6.07, 6.45) is 11.0. The number of amides is 1. The molecular formula is C24H31N3O. The van der Waals surface area contributed by atoms with Crippen molar-refractivity contribution in [3.8, 4) is 6.07 Å². The molecule has 1 aromatic carbocycles. The summed E-state index contributed by atoms with van der Waals surface area (Å²) in [6.45, 7) is 2.24. The van der Waals surface area contributed by atoms with Crippen LogP contribution in [0.4, 0.5) is 5.69 Å². The number of carbonyl (C=O) groups excluding carboxylic acids is 1. The Hall–Kier alpha value is -1.86. The highest BCUT2D eigenvalue weighted by Crippen LogP contribution is 2.45. The number of rotatable bonds is 3. The van der Waals surface area contributed by atoms with Crippen molar-refractivity contribution in [3.05, 3.63) is 29.8 Å². The maximum absolute atomic E-state index is 13.2. The second-order valence-electron chi connectivity index (χ2n) is 9.32. The Kier molecular flexibility index (Phi) is 4.88. The summed E-state index contributed by atoms with van der Waals surface area (Å²) in [4.78, 5) is 18.0. The molecule has 0 radical (unpaired) electrons. The van der Waals surface area contributed by atoms with Gasteiger partial charge in [-0.05, 0) is 62.0 Å². The first kappa shape index (κ1) is 18.2. The van der Waals surface area contributed by atoms with Gasteiger partial charge in [0, 0.05) is 30.9 Å². The van der Waals surface area contributed by atoms with Crippen molar-refractivity contribution in [3.63, 3.8) is 0 Å². The van der Waals surface area contributed by atoms with Gasteiger partial charge in [-0.25, -0.2) is 0 Å². The fourth-order valence-electron chi connectivity index (χ4n) is 6.77. The maximum Gasteiger partial charge on any atom is 0.235 e. The van der Waals surface area contributed by atoms with Gasteiger partial charge in [0.2, 0.25) is 5.91 Å². The topological polar surface area (TPSA) is 47.3 Å². The van der Waals surface area contributed by atoms with E-state index < -0.39 is 0 Å². The van der Waals surface area contributed by atoms with E-state index in [1.807, 2.05) is 18.2 Å². The molecule has 1 aromatic rings. The zero-order valence-electron chi connectivity index (χ0n) is 16.7. The molecule has 0 spiro atoms. The molecule has 1 saturated heterocycles. The molecule has 3 fully saturated rings. The lowest BCUT2D eigenvalue weighted by molar-refractivity contribution is -0.120. The van der Waals surface area contributed by atoms with Gasteiger partial charge in [0.25, 0.3) is 0 Å². The molecular weight excluding hydrogens is 346 g/mol. The molecule has 5 rings (SSSR count). The van der Waals surface area contributed by atoms with Gasteiger partial charge in [-0.1, -0.05) is 31.0 Å². The van der Waals surface area contributed by atoms with Crippen LogP contribution in [0.5, 0.6) is 0 Å². The van der Waals surface area contributed by atoms with Crippen molar-refractivity contribution in [2.75, 3.05) is 18.0 Å². The highest BCUT2D eigenvalue weighted by atomic mass is 16.2. The summed E-state index contributed by atoms with van der Waals surface area (Å²) in [5, 5.41) is 9.20. The van der Waals surface area contributed by atoms with Crippen molar-refractivity contribution in [2.45, 2.75) is 75.8 Å². The fraction of sp³-hybridized carbons (Fsp3) is 0.667. The third-order valence-electron chi connectivity index (χ3n) is 7.95. The van der Waals surface area contributed by atoms with Gasteiger partial charge in [0.05, 0.1) is 18.4 Å². The number of fused-ring (bicyclic) bond motifs is 3. The Balaban J connectivity index is 1.31. The monoisotopic (exact) mass is 377 g/mol. The lowest BCUT2D eigenvalue weighted by Crippen LogP contribution is -2.55. The van der Waals surface area contributed by atoms with Crippen LogP contribution in [0.1, 0.15) is 69.3 Å². The third kappa shape index (κ3) is 2.95. The molecule has 2 aliphatic heterocycles. The lowest BCUT2D eigenvalue weighted by atomic mass is 9.67. The second kappa shape index (κ2) is 7.52. The first-order valence-corrected chi connectivity index (χ1v) is 11.3. The van der Waals surface area contributed by atoms with Gasteiger partial charge < -0.3 is 4.90 Å². The van der Waals surface area contributed by atoms with Crippen molar-refractivity contribution >= 4 is 11.6 Å². The normalized spacial score (nSPS) is 33.5. The second-order valence-corrected chi connectivity index (χ2v) is 9.32. The minimum Gasteiger partial charge on any atom is -0.308 e. The van der Waals surface area contributed by atoms with Gasteiger partial charge in [0.15, 0.2) is 0 Å². The Morgan fingerprint density at radius 3 is 2.25 bits per heavy atom. The fourth-order valence-corrected chi connectivity index (χ4v) is 6.77. The summed E-state index contributed by atoms with van der Waals surface area (Å²) in [7, 11) is 0. The van der Waals surface area contributed by atoms with E-state index >= 15 is 0 Å². The van der Waals surface area contributed by atoms with Crippen LogP contribution in [0.3, 0.4) is 0 Å². The summed E-state index contributed by atoms with van der Waals surface area (Å²) in [6, 6.07) is 11.4. The molecule has 4 aliphatic rings. The predicted octanol–water partition coefficient (Wildman–Crippen LogP) is 4.46. The van der Waals surface area contributed by atoms with Gasteiger partial charge in [-0.15, -0.1) is 0 Å². The number of nitriles is 1. The quantitative estimate of drug-likeness (QED) is 0.781. The summed E-state index contributed by atoms with van der Waals surface area (Å²) >= 11 is 0. The molecule has 28 heavy (non-hydrogen) atoms. The van der Waals surface area contributed by atoms with E-state index in [0.717, 1.165) is 55.1 Å². The van der Waals surface area contributed by atoms with Crippen molar-refractivity contribution in [1.29, 1.82) is 5.26 Å². The SMILES string of the molecule is N#CCC1C(=O)N(C2CCN(C3C4CCCC3CCC4)CC2)c2ccccc21. The molecule has 2 heterocycles. The van der Waals surface area contributed by atoms with Crippen LogP contribution in [0, 0.1) is 23.2 Å². The number of carbonyl (C=O) groups is 1. The zero-order valence-corrected chi connectivity index (χ0v) is 16.7. The van der Waals surface area contributed by atoms with E-state index in [1.54, 1.807) is 0 Å². The van der Waals surface area contributed by atoms with Gasteiger partial charge in [-0.3, -0.25) is 9.69 Å². The molecule has 0 N–H and O–H groups in total. The Morgan fingerprint density at radius 1 is 0.964 bits per heavy atom. The molecule has 2 saturated carbocycles. The van der Waals surface area contributed by atoms with Crippen LogP contribution < -0.4 is 4.90 Å². The standard InChI is InChI=1S/C24H31N3O/c25-14-11-21-20-9-1-2-10-22(20)27(24(21)28)19-12-15-26(16-13-19)23-17-5-3-6-18(23)8-4-7-17/h1-2,9-10,17-19,21,23H,3-8,11-13,15-16H2. The molecule has 1 atom stereocenters. The number of anilines is 1. The van der Waals surface area contributed by atoms with Crippen LogP contribution >= 0.6 is 0 Å². The number of nitrogens with zero attached hydrogens (tertiary/aromatic N) is 3. The minimum atomic E-state index is -0.267. The molecule has 148 valence electrons. The molecule has 2 aliphatic carbocycles. The van der Waals surface area contributed by atoms with Crippen LogP contribution in [-0.2, 0) is 4.79 Å². The first-order valence-electron chi connectivity index (χ1n) is 11.3. The Bertz CT molecular complexity index is 754. The predicted molar refractivity (Wildman–Crippen MR) is 110 cm³/mol.